The second-order valence-corrected chi connectivity index (χ2v) is 4.34. The number of hydrogen-bond acceptors (Lipinski definition) is 5. The highest BCUT2D eigenvalue weighted by molar-refractivity contribution is 7.45. The van der Waals surface area contributed by atoms with E-state index in [0.717, 1.165) is 0 Å². The Bertz CT molecular complexity index is 337. The van der Waals surface area contributed by atoms with Crippen molar-refractivity contribution >= 4 is 19.6 Å². The number of esters is 1. The molecule has 3 N–H and O–H groups in total. The van der Waals surface area contributed by atoms with Gasteiger partial charge < -0.3 is 24.2 Å². The first-order valence-electron chi connectivity index (χ1n) is 5.28. The summed E-state index contributed by atoms with van der Waals surface area (Å²) in [7, 11) is -4.64. The normalized spacial score (nSPS) is 10.2. The molecule has 0 aromatic carbocycles. The van der Waals surface area contributed by atoms with Crippen LogP contribution in [0.25, 0.3) is 0 Å². The van der Waals surface area contributed by atoms with E-state index in [1.807, 2.05) is 6.92 Å². The van der Waals surface area contributed by atoms with E-state index in [2.05, 4.69) is 6.58 Å². The van der Waals surface area contributed by atoms with Crippen molar-refractivity contribution in [2.24, 2.45) is 0 Å². The van der Waals surface area contributed by atoms with Crippen molar-refractivity contribution in [3.8, 4) is 0 Å². The van der Waals surface area contributed by atoms with Crippen LogP contribution in [0.5, 0.6) is 0 Å². The number of rotatable bonds is 7. The predicted octanol–water partition coefficient (Wildman–Crippen LogP) is 0.173. The van der Waals surface area contributed by atoms with Crippen LogP contribution in [0.1, 0.15) is 20.3 Å². The van der Waals surface area contributed by atoms with Crippen LogP contribution in [0.15, 0.2) is 12.2 Å². The molecule has 0 spiro atoms. The lowest BCUT2D eigenvalue weighted by Gasteiger charge is -2.03. The van der Waals surface area contributed by atoms with Crippen LogP contribution >= 0.6 is 7.82 Å². The Morgan fingerprint density at radius 3 is 2.05 bits per heavy atom. The summed E-state index contributed by atoms with van der Waals surface area (Å²) >= 11 is 0. The Balaban J connectivity index is 0. The lowest BCUT2D eigenvalue weighted by molar-refractivity contribution is -0.146. The minimum atomic E-state index is -4.64. The first kappa shape index (κ1) is 20.3. The summed E-state index contributed by atoms with van der Waals surface area (Å²) in [6.07, 6.45) is -0.235. The van der Waals surface area contributed by atoms with Crippen molar-refractivity contribution < 1.29 is 38.3 Å². The van der Waals surface area contributed by atoms with Gasteiger partial charge in [-0.1, -0.05) is 6.58 Å². The van der Waals surface area contributed by atoms with Crippen molar-refractivity contribution in [2.45, 2.75) is 20.3 Å². The highest BCUT2D eigenvalue weighted by Crippen LogP contribution is 2.25. The van der Waals surface area contributed by atoms with Crippen molar-refractivity contribution in [3.63, 3.8) is 0 Å². The fourth-order valence-electron chi connectivity index (χ4n) is 0.692. The van der Waals surface area contributed by atoms with Gasteiger partial charge >= 0.3 is 13.8 Å². The Morgan fingerprint density at radius 1 is 1.21 bits per heavy atom. The van der Waals surface area contributed by atoms with Gasteiger partial charge in [-0.2, -0.15) is 0 Å². The second kappa shape index (κ2) is 10.8. The van der Waals surface area contributed by atoms with Crippen LogP contribution in [-0.2, 0) is 23.6 Å². The number of hydrogen-bond donors (Lipinski definition) is 3. The van der Waals surface area contributed by atoms with E-state index in [0.29, 0.717) is 18.8 Å². The molecular formula is C10H19O8P. The zero-order chi connectivity index (χ0) is 15.5. The van der Waals surface area contributed by atoms with Gasteiger partial charge in [-0.15, -0.1) is 0 Å². The Morgan fingerprint density at radius 2 is 1.68 bits per heavy atom. The van der Waals surface area contributed by atoms with Gasteiger partial charge in [-0.3, -0.25) is 9.59 Å². The van der Waals surface area contributed by atoms with Crippen molar-refractivity contribution in [1.82, 2.24) is 0 Å². The third kappa shape index (κ3) is 22.6. The van der Waals surface area contributed by atoms with E-state index < -0.39 is 13.8 Å². The minimum Gasteiger partial charge on any atom is -0.463 e. The molecule has 0 aromatic heterocycles. The van der Waals surface area contributed by atoms with Crippen LogP contribution < -0.4 is 0 Å². The van der Waals surface area contributed by atoms with Gasteiger partial charge in [0.25, 0.3) is 0 Å². The SMILES string of the molecule is C=C(C)C(=O)CC(=O)OCCOCC.O=P(O)(O)O. The molecule has 0 bridgehead atoms. The first-order valence-corrected chi connectivity index (χ1v) is 6.84. The monoisotopic (exact) mass is 298 g/mol. The molecule has 8 nitrogen and oxygen atoms in total. The van der Waals surface area contributed by atoms with Gasteiger partial charge in [0.2, 0.25) is 0 Å². The van der Waals surface area contributed by atoms with E-state index in [1.165, 1.54) is 0 Å². The van der Waals surface area contributed by atoms with Crippen molar-refractivity contribution in [1.29, 1.82) is 0 Å². The highest BCUT2D eigenvalue weighted by Gasteiger charge is 2.10. The first-order chi connectivity index (χ1) is 8.57. The number of carbonyl (C=O) groups is 2. The number of allylic oxidation sites excluding steroid dienone is 1. The van der Waals surface area contributed by atoms with Gasteiger partial charge in [0, 0.05) is 6.61 Å². The van der Waals surface area contributed by atoms with Gasteiger partial charge in [-0.25, -0.2) is 4.57 Å². The molecular weight excluding hydrogens is 279 g/mol. The predicted molar refractivity (Wildman–Crippen MR) is 66.2 cm³/mol. The summed E-state index contributed by atoms with van der Waals surface area (Å²) in [6.45, 7) is 8.00. The molecule has 0 heterocycles. The quantitative estimate of drug-likeness (QED) is 0.199. The molecule has 0 atom stereocenters. The number of ether oxygens (including phenoxy) is 2. The standard InChI is InChI=1S/C10H16O4.H3O4P/c1-4-13-5-6-14-10(12)7-9(11)8(2)3;1-5(2,3)4/h2,4-7H2,1,3H3;(H3,1,2,3,4). The molecule has 19 heavy (non-hydrogen) atoms. The summed E-state index contributed by atoms with van der Waals surface area (Å²) in [5.41, 5.74) is 0.367. The van der Waals surface area contributed by atoms with E-state index in [9.17, 15) is 9.59 Å². The van der Waals surface area contributed by atoms with Gasteiger partial charge in [0.1, 0.15) is 13.0 Å². The van der Waals surface area contributed by atoms with Crippen LogP contribution in [0.2, 0.25) is 0 Å². The zero-order valence-corrected chi connectivity index (χ0v) is 11.8. The summed E-state index contributed by atoms with van der Waals surface area (Å²) in [5.74, 6) is -0.816. The van der Waals surface area contributed by atoms with E-state index >= 15 is 0 Å². The number of Topliss-reactive ketones (excluding diaryl/α,β-unsaturated/α-hetero) is 1. The second-order valence-electron chi connectivity index (χ2n) is 3.31. The lowest BCUT2D eigenvalue weighted by atomic mass is 10.2. The fourth-order valence-corrected chi connectivity index (χ4v) is 0.692. The summed E-state index contributed by atoms with van der Waals surface area (Å²) in [5, 5.41) is 0. The van der Waals surface area contributed by atoms with Gasteiger partial charge in [0.15, 0.2) is 5.78 Å². The zero-order valence-electron chi connectivity index (χ0n) is 10.9. The molecule has 0 rings (SSSR count). The summed E-state index contributed by atoms with van der Waals surface area (Å²) < 4.78 is 18.6. The summed E-state index contributed by atoms with van der Waals surface area (Å²) in [6, 6.07) is 0. The minimum absolute atomic E-state index is 0.191. The number of phosphoric acid groups is 1. The largest absolute Gasteiger partial charge is 0.466 e. The molecule has 0 saturated carbocycles. The topological polar surface area (TPSA) is 130 Å². The average Bonchev–Trinajstić information content (AvgIpc) is 2.22. The lowest BCUT2D eigenvalue weighted by Crippen LogP contribution is -2.14. The van der Waals surface area contributed by atoms with E-state index in [-0.39, 0.29) is 18.8 Å². The maximum absolute atomic E-state index is 11.0. The fraction of sp³-hybridized carbons (Fsp3) is 0.600. The van der Waals surface area contributed by atoms with Crippen LogP contribution in [0.4, 0.5) is 0 Å². The molecule has 9 heteroatoms. The van der Waals surface area contributed by atoms with Gasteiger partial charge in [0.05, 0.1) is 6.61 Å². The Hall–Kier alpha value is -1.05. The average molecular weight is 298 g/mol. The van der Waals surface area contributed by atoms with E-state index in [1.54, 1.807) is 6.92 Å². The number of ketones is 1. The van der Waals surface area contributed by atoms with Gasteiger partial charge in [-0.05, 0) is 19.4 Å². The molecule has 0 unspecified atom stereocenters. The molecule has 0 amide bonds. The molecule has 0 aliphatic rings. The maximum atomic E-state index is 11.0. The summed E-state index contributed by atoms with van der Waals surface area (Å²) in [4.78, 5) is 43.6. The highest BCUT2D eigenvalue weighted by atomic mass is 31.2. The number of carbonyl (C=O) groups excluding carboxylic acids is 2. The Kier molecular flexibility index (Phi) is 11.6. The smallest absolute Gasteiger partial charge is 0.463 e. The van der Waals surface area contributed by atoms with Crippen LogP contribution in [-0.4, -0.2) is 46.3 Å². The molecule has 0 saturated heterocycles. The van der Waals surface area contributed by atoms with Crippen molar-refractivity contribution in [3.05, 3.63) is 12.2 Å². The third-order valence-electron chi connectivity index (χ3n) is 1.48. The van der Waals surface area contributed by atoms with Crippen LogP contribution in [0.3, 0.4) is 0 Å². The Labute approximate surface area is 111 Å². The molecule has 112 valence electrons. The molecule has 0 aromatic rings. The third-order valence-corrected chi connectivity index (χ3v) is 1.48. The molecule has 0 fully saturated rings. The van der Waals surface area contributed by atoms with Crippen LogP contribution in [0, 0.1) is 0 Å². The molecule has 0 aliphatic heterocycles. The van der Waals surface area contributed by atoms with E-state index in [4.69, 9.17) is 28.7 Å². The molecule has 0 aliphatic carbocycles. The maximum Gasteiger partial charge on any atom is 0.466 e. The van der Waals surface area contributed by atoms with Crippen molar-refractivity contribution in [2.75, 3.05) is 19.8 Å². The molecule has 0 radical (unpaired) electrons.